The van der Waals surface area contributed by atoms with E-state index in [2.05, 4.69) is 21.2 Å². The van der Waals surface area contributed by atoms with Gasteiger partial charge in [-0.3, -0.25) is 0 Å². The summed E-state index contributed by atoms with van der Waals surface area (Å²) < 4.78 is 0. The highest BCUT2D eigenvalue weighted by Crippen LogP contribution is 2.23. The van der Waals surface area contributed by atoms with Gasteiger partial charge in [-0.25, -0.2) is 0 Å². The Bertz CT molecular complexity index is 445. The van der Waals surface area contributed by atoms with Gasteiger partial charge in [-0.2, -0.15) is 22.1 Å². The summed E-state index contributed by atoms with van der Waals surface area (Å²) >= 11 is 1.96. The molecule has 17 heavy (non-hydrogen) atoms. The molecule has 1 aliphatic heterocycles. The molecule has 90 valence electrons. The molecule has 1 fully saturated rings. The topological polar surface area (TPSA) is 52.8 Å². The van der Waals surface area contributed by atoms with Crippen LogP contribution in [0.4, 0.5) is 5.82 Å². The van der Waals surface area contributed by atoms with E-state index in [9.17, 15) is 5.26 Å². The van der Waals surface area contributed by atoms with Crippen LogP contribution in [0.3, 0.4) is 0 Å². The van der Waals surface area contributed by atoms with Gasteiger partial charge in [-0.1, -0.05) is 0 Å². The van der Waals surface area contributed by atoms with E-state index < -0.39 is 0 Å². The van der Waals surface area contributed by atoms with E-state index >= 15 is 0 Å². The Balaban J connectivity index is 2.37. The molecule has 1 aliphatic rings. The SMILES string of the molecule is Cc1nnc(N2CCCSCC2)c(C#N)c1C. The van der Waals surface area contributed by atoms with Crippen molar-refractivity contribution in [2.75, 3.05) is 29.5 Å². The molecule has 0 bridgehead atoms. The molecule has 4 nitrogen and oxygen atoms in total. The highest BCUT2D eigenvalue weighted by Gasteiger charge is 2.18. The number of hydrogen-bond acceptors (Lipinski definition) is 5. The molecule has 1 aromatic heterocycles. The number of nitriles is 1. The third-order valence-corrected chi connectivity index (χ3v) is 4.12. The van der Waals surface area contributed by atoms with E-state index in [1.807, 2.05) is 25.6 Å². The molecule has 2 heterocycles. The Morgan fingerprint density at radius 2 is 2.06 bits per heavy atom. The van der Waals surface area contributed by atoms with E-state index in [1.165, 1.54) is 5.75 Å². The second-order valence-corrected chi connectivity index (χ2v) is 5.40. The molecule has 0 spiro atoms. The Hall–Kier alpha value is -1.28. The van der Waals surface area contributed by atoms with Crippen molar-refractivity contribution in [1.29, 1.82) is 5.26 Å². The van der Waals surface area contributed by atoms with Crippen molar-refractivity contribution < 1.29 is 0 Å². The van der Waals surface area contributed by atoms with Crippen LogP contribution in [0.2, 0.25) is 0 Å². The van der Waals surface area contributed by atoms with E-state index in [1.54, 1.807) is 0 Å². The normalized spacial score (nSPS) is 16.4. The third-order valence-electron chi connectivity index (χ3n) is 3.07. The minimum Gasteiger partial charge on any atom is -0.353 e. The van der Waals surface area contributed by atoms with Crippen LogP contribution in [-0.2, 0) is 0 Å². The van der Waals surface area contributed by atoms with Gasteiger partial charge in [-0.05, 0) is 31.6 Å². The van der Waals surface area contributed by atoms with Crippen molar-refractivity contribution >= 4 is 17.6 Å². The highest BCUT2D eigenvalue weighted by atomic mass is 32.2. The molecule has 0 atom stereocenters. The molecular weight excluding hydrogens is 232 g/mol. The molecule has 0 amide bonds. The van der Waals surface area contributed by atoms with Gasteiger partial charge in [0.1, 0.15) is 11.6 Å². The van der Waals surface area contributed by atoms with Crippen molar-refractivity contribution in [2.45, 2.75) is 20.3 Å². The van der Waals surface area contributed by atoms with Crippen LogP contribution < -0.4 is 4.90 Å². The van der Waals surface area contributed by atoms with Crippen LogP contribution in [0.5, 0.6) is 0 Å². The summed E-state index contributed by atoms with van der Waals surface area (Å²) in [7, 11) is 0. The first kappa shape index (κ1) is 12.2. The lowest BCUT2D eigenvalue weighted by molar-refractivity contribution is 0.778. The van der Waals surface area contributed by atoms with Gasteiger partial charge in [0.2, 0.25) is 0 Å². The maximum absolute atomic E-state index is 9.28. The third kappa shape index (κ3) is 2.52. The molecule has 1 saturated heterocycles. The molecule has 2 rings (SSSR count). The van der Waals surface area contributed by atoms with Crippen LogP contribution in [0.25, 0.3) is 0 Å². The van der Waals surface area contributed by atoms with E-state index in [4.69, 9.17) is 0 Å². The average molecular weight is 248 g/mol. The van der Waals surface area contributed by atoms with Gasteiger partial charge >= 0.3 is 0 Å². The number of anilines is 1. The molecule has 5 heteroatoms. The first-order valence-electron chi connectivity index (χ1n) is 5.80. The van der Waals surface area contributed by atoms with E-state index in [0.29, 0.717) is 5.56 Å². The molecule has 1 aromatic rings. The standard InChI is InChI=1S/C12H16N4S/c1-9-10(2)14-15-12(11(9)8-13)16-4-3-6-17-7-5-16/h3-7H2,1-2H3. The van der Waals surface area contributed by atoms with E-state index in [0.717, 1.165) is 42.3 Å². The molecular formula is C12H16N4S. The van der Waals surface area contributed by atoms with Crippen LogP contribution in [0, 0.1) is 25.2 Å². The summed E-state index contributed by atoms with van der Waals surface area (Å²) in [5.74, 6) is 3.05. The number of aryl methyl sites for hydroxylation is 1. The van der Waals surface area contributed by atoms with Crippen LogP contribution in [-0.4, -0.2) is 34.8 Å². The first-order chi connectivity index (χ1) is 8.24. The minimum atomic E-state index is 0.685. The monoisotopic (exact) mass is 248 g/mol. The molecule has 0 N–H and O–H groups in total. The van der Waals surface area contributed by atoms with Crippen LogP contribution in [0.15, 0.2) is 0 Å². The summed E-state index contributed by atoms with van der Waals surface area (Å²) in [5.41, 5.74) is 2.48. The second-order valence-electron chi connectivity index (χ2n) is 4.17. The molecule has 0 unspecified atom stereocenters. The smallest absolute Gasteiger partial charge is 0.169 e. The van der Waals surface area contributed by atoms with Crippen molar-refractivity contribution in [1.82, 2.24) is 10.2 Å². The summed E-state index contributed by atoms with van der Waals surface area (Å²) in [6.07, 6.45) is 1.14. The van der Waals surface area contributed by atoms with Gasteiger partial charge in [0.15, 0.2) is 5.82 Å². The Morgan fingerprint density at radius 1 is 1.24 bits per heavy atom. The van der Waals surface area contributed by atoms with Crippen molar-refractivity contribution in [3.63, 3.8) is 0 Å². The van der Waals surface area contributed by atoms with Crippen LogP contribution in [0.1, 0.15) is 23.2 Å². The molecule has 0 saturated carbocycles. The number of hydrogen-bond donors (Lipinski definition) is 0. The summed E-state index contributed by atoms with van der Waals surface area (Å²) in [6.45, 7) is 5.76. The Labute approximate surface area is 106 Å². The maximum atomic E-state index is 9.28. The quantitative estimate of drug-likeness (QED) is 0.760. The summed E-state index contributed by atoms with van der Waals surface area (Å²) in [5, 5.41) is 17.6. The van der Waals surface area contributed by atoms with Gasteiger partial charge in [-0.15, -0.1) is 5.10 Å². The van der Waals surface area contributed by atoms with Crippen molar-refractivity contribution in [2.24, 2.45) is 0 Å². The summed E-state index contributed by atoms with van der Waals surface area (Å²) in [6, 6.07) is 2.27. The predicted octanol–water partition coefficient (Wildman–Crippen LogP) is 1.91. The zero-order valence-corrected chi connectivity index (χ0v) is 11.0. The predicted molar refractivity (Wildman–Crippen MR) is 70.4 cm³/mol. The number of nitrogens with zero attached hydrogens (tertiary/aromatic N) is 4. The maximum Gasteiger partial charge on any atom is 0.169 e. The zero-order chi connectivity index (χ0) is 12.3. The lowest BCUT2D eigenvalue weighted by atomic mass is 10.1. The summed E-state index contributed by atoms with van der Waals surface area (Å²) in [4.78, 5) is 2.19. The Kier molecular flexibility index (Phi) is 3.85. The fourth-order valence-electron chi connectivity index (χ4n) is 1.91. The zero-order valence-electron chi connectivity index (χ0n) is 10.2. The largest absolute Gasteiger partial charge is 0.353 e. The number of thioether (sulfide) groups is 1. The van der Waals surface area contributed by atoms with Gasteiger partial charge < -0.3 is 4.90 Å². The fraction of sp³-hybridized carbons (Fsp3) is 0.583. The van der Waals surface area contributed by atoms with Crippen LogP contribution >= 0.6 is 11.8 Å². The van der Waals surface area contributed by atoms with Crippen molar-refractivity contribution in [3.8, 4) is 6.07 Å². The van der Waals surface area contributed by atoms with Crippen molar-refractivity contribution in [3.05, 3.63) is 16.8 Å². The Morgan fingerprint density at radius 3 is 2.82 bits per heavy atom. The van der Waals surface area contributed by atoms with Gasteiger partial charge in [0.05, 0.1) is 5.69 Å². The average Bonchev–Trinajstić information content (AvgIpc) is 2.61. The molecule has 0 radical (unpaired) electrons. The fourth-order valence-corrected chi connectivity index (χ4v) is 2.80. The van der Waals surface area contributed by atoms with Gasteiger partial charge in [0, 0.05) is 18.8 Å². The lowest BCUT2D eigenvalue weighted by Gasteiger charge is -2.22. The number of aromatic nitrogens is 2. The second kappa shape index (κ2) is 5.37. The first-order valence-corrected chi connectivity index (χ1v) is 6.96. The molecule has 0 aromatic carbocycles. The lowest BCUT2D eigenvalue weighted by Crippen LogP contribution is -2.28. The minimum absolute atomic E-state index is 0.685. The molecule has 0 aliphatic carbocycles. The number of rotatable bonds is 1. The van der Waals surface area contributed by atoms with Gasteiger partial charge in [0.25, 0.3) is 0 Å². The van der Waals surface area contributed by atoms with E-state index in [-0.39, 0.29) is 0 Å². The highest BCUT2D eigenvalue weighted by molar-refractivity contribution is 7.99.